The number of rotatable bonds is 2. The number of aromatic nitrogens is 5. The minimum atomic E-state index is -0.302. The van der Waals surface area contributed by atoms with E-state index in [1.165, 1.54) is 12.1 Å². The van der Waals surface area contributed by atoms with Gasteiger partial charge in [0.25, 0.3) is 0 Å². The van der Waals surface area contributed by atoms with Crippen LogP contribution in [0.3, 0.4) is 0 Å². The molecule has 0 radical (unpaired) electrons. The topological polar surface area (TPSA) is 82.7 Å². The van der Waals surface area contributed by atoms with Crippen molar-refractivity contribution in [3.63, 3.8) is 0 Å². The van der Waals surface area contributed by atoms with Crippen LogP contribution >= 0.6 is 0 Å². The number of nitrogens with zero attached hydrogens (tertiary/aromatic N) is 4. The Bertz CT molecular complexity index is 1070. The average molecular weight is 338 g/mol. The van der Waals surface area contributed by atoms with E-state index in [4.69, 9.17) is 4.74 Å². The molecule has 0 atom stereocenters. The summed E-state index contributed by atoms with van der Waals surface area (Å²) >= 11 is 0. The van der Waals surface area contributed by atoms with Gasteiger partial charge in [0.2, 0.25) is 0 Å². The van der Waals surface area contributed by atoms with Crippen LogP contribution < -0.4 is 4.90 Å². The molecule has 126 valence electrons. The summed E-state index contributed by atoms with van der Waals surface area (Å²) in [5.74, 6) is 1.20. The Morgan fingerprint density at radius 3 is 2.80 bits per heavy atom. The lowest BCUT2D eigenvalue weighted by molar-refractivity contribution is 0.122. The van der Waals surface area contributed by atoms with Gasteiger partial charge in [0, 0.05) is 18.5 Å². The lowest BCUT2D eigenvalue weighted by atomic mass is 10.2. The van der Waals surface area contributed by atoms with Crippen molar-refractivity contribution in [3.05, 3.63) is 36.1 Å². The molecule has 1 aliphatic rings. The number of aromatic amines is 2. The Kier molecular flexibility index (Phi) is 3.17. The Morgan fingerprint density at radius 1 is 1.04 bits per heavy atom. The standard InChI is InChI=1S/C17H15FN6O/c18-10-1-2-11-13(9-10)22-23-15(11)17-19-12-3-4-14(20-16(12)21-17)24-5-7-25-8-6-24/h1-4,9H,5-8H2,(H,22,23)(H,19,20,21). The fourth-order valence-corrected chi connectivity index (χ4v) is 3.14. The molecular formula is C17H15FN6O. The molecule has 0 saturated carbocycles. The highest BCUT2D eigenvalue weighted by Gasteiger charge is 2.16. The molecule has 1 fully saturated rings. The molecule has 0 bridgehead atoms. The predicted molar refractivity (Wildman–Crippen MR) is 92.0 cm³/mol. The summed E-state index contributed by atoms with van der Waals surface area (Å²) in [7, 11) is 0. The SMILES string of the molecule is Fc1ccc2c(-c3nc4nc(N5CCOCC5)ccc4[nH]3)n[nH]c2c1. The number of H-pyrrole nitrogens is 2. The van der Waals surface area contributed by atoms with Gasteiger partial charge in [-0.15, -0.1) is 0 Å². The van der Waals surface area contributed by atoms with E-state index in [1.807, 2.05) is 12.1 Å². The largest absolute Gasteiger partial charge is 0.378 e. The minimum Gasteiger partial charge on any atom is -0.378 e. The molecule has 25 heavy (non-hydrogen) atoms. The van der Waals surface area contributed by atoms with Gasteiger partial charge in [0.05, 0.1) is 24.2 Å². The van der Waals surface area contributed by atoms with Crippen molar-refractivity contribution < 1.29 is 9.13 Å². The van der Waals surface area contributed by atoms with E-state index in [2.05, 4.69) is 30.0 Å². The number of morpholine rings is 1. The van der Waals surface area contributed by atoms with Gasteiger partial charge in [-0.2, -0.15) is 5.10 Å². The van der Waals surface area contributed by atoms with Crippen LogP contribution in [-0.2, 0) is 4.74 Å². The second-order valence-electron chi connectivity index (χ2n) is 5.99. The highest BCUT2D eigenvalue weighted by molar-refractivity contribution is 5.92. The fraction of sp³-hybridized carbons (Fsp3) is 0.235. The van der Waals surface area contributed by atoms with Crippen LogP contribution in [0.2, 0.25) is 0 Å². The van der Waals surface area contributed by atoms with Gasteiger partial charge in [-0.1, -0.05) is 0 Å². The van der Waals surface area contributed by atoms with Gasteiger partial charge in [-0.3, -0.25) is 5.10 Å². The van der Waals surface area contributed by atoms with E-state index in [1.54, 1.807) is 6.07 Å². The van der Waals surface area contributed by atoms with Gasteiger partial charge in [-0.05, 0) is 30.3 Å². The van der Waals surface area contributed by atoms with Gasteiger partial charge < -0.3 is 14.6 Å². The average Bonchev–Trinajstić information content (AvgIpc) is 3.24. The van der Waals surface area contributed by atoms with Crippen molar-refractivity contribution in [1.82, 2.24) is 25.1 Å². The summed E-state index contributed by atoms with van der Waals surface area (Å²) in [6.07, 6.45) is 0. The van der Waals surface area contributed by atoms with E-state index >= 15 is 0 Å². The second kappa shape index (κ2) is 5.52. The summed E-state index contributed by atoms with van der Waals surface area (Å²) in [6, 6.07) is 8.48. The Balaban J connectivity index is 1.57. The number of fused-ring (bicyclic) bond motifs is 2. The summed E-state index contributed by atoms with van der Waals surface area (Å²) in [6.45, 7) is 3.07. The second-order valence-corrected chi connectivity index (χ2v) is 5.99. The maximum absolute atomic E-state index is 13.3. The summed E-state index contributed by atoms with van der Waals surface area (Å²) in [5, 5.41) is 7.93. The quantitative estimate of drug-likeness (QED) is 0.587. The van der Waals surface area contributed by atoms with E-state index in [0.29, 0.717) is 35.9 Å². The van der Waals surface area contributed by atoms with E-state index < -0.39 is 0 Å². The van der Waals surface area contributed by atoms with Crippen molar-refractivity contribution in [2.24, 2.45) is 0 Å². The first kappa shape index (κ1) is 14.4. The number of nitrogens with one attached hydrogen (secondary N) is 2. The third kappa shape index (κ3) is 2.42. The van der Waals surface area contributed by atoms with Crippen molar-refractivity contribution >= 4 is 27.9 Å². The summed E-state index contributed by atoms with van der Waals surface area (Å²) in [4.78, 5) is 14.7. The number of hydrogen-bond acceptors (Lipinski definition) is 5. The number of hydrogen-bond donors (Lipinski definition) is 2. The molecule has 0 aliphatic carbocycles. The number of pyridine rings is 1. The maximum atomic E-state index is 13.3. The molecular weight excluding hydrogens is 323 g/mol. The van der Waals surface area contributed by atoms with Crippen LogP contribution in [0.1, 0.15) is 0 Å². The van der Waals surface area contributed by atoms with Crippen LogP contribution in [0.25, 0.3) is 33.6 Å². The molecule has 5 rings (SSSR count). The maximum Gasteiger partial charge on any atom is 0.180 e. The van der Waals surface area contributed by atoms with E-state index in [9.17, 15) is 4.39 Å². The van der Waals surface area contributed by atoms with Gasteiger partial charge in [0.15, 0.2) is 11.5 Å². The molecule has 0 unspecified atom stereocenters. The van der Waals surface area contributed by atoms with Crippen LogP contribution in [-0.4, -0.2) is 51.5 Å². The molecule has 2 N–H and O–H groups in total. The highest BCUT2D eigenvalue weighted by atomic mass is 19.1. The van der Waals surface area contributed by atoms with E-state index in [-0.39, 0.29) is 5.82 Å². The lowest BCUT2D eigenvalue weighted by Crippen LogP contribution is -2.36. The molecule has 8 heteroatoms. The first-order valence-corrected chi connectivity index (χ1v) is 8.11. The Labute approximate surface area is 141 Å². The normalized spacial score (nSPS) is 15.3. The Hall–Kier alpha value is -3.00. The number of imidazole rings is 1. The molecule has 0 amide bonds. The van der Waals surface area contributed by atoms with Crippen LogP contribution in [0.5, 0.6) is 0 Å². The molecule has 0 spiro atoms. The van der Waals surface area contributed by atoms with Crippen molar-refractivity contribution in [1.29, 1.82) is 0 Å². The third-order valence-electron chi connectivity index (χ3n) is 4.42. The summed E-state index contributed by atoms with van der Waals surface area (Å²) in [5.41, 5.74) is 2.76. The zero-order valence-corrected chi connectivity index (χ0v) is 13.3. The fourth-order valence-electron chi connectivity index (χ4n) is 3.14. The van der Waals surface area contributed by atoms with Crippen LogP contribution in [0.4, 0.5) is 10.2 Å². The molecule has 7 nitrogen and oxygen atoms in total. The number of anilines is 1. The molecule has 1 aromatic carbocycles. The monoisotopic (exact) mass is 338 g/mol. The molecule has 4 aromatic rings. The van der Waals surface area contributed by atoms with Gasteiger partial charge in [0.1, 0.15) is 17.3 Å². The van der Waals surface area contributed by atoms with Crippen LogP contribution in [0.15, 0.2) is 30.3 Å². The van der Waals surface area contributed by atoms with Crippen molar-refractivity contribution in [3.8, 4) is 11.5 Å². The van der Waals surface area contributed by atoms with Crippen molar-refractivity contribution in [2.75, 3.05) is 31.2 Å². The zero-order valence-electron chi connectivity index (χ0n) is 13.3. The molecule has 3 aromatic heterocycles. The van der Waals surface area contributed by atoms with Gasteiger partial charge in [-0.25, -0.2) is 14.4 Å². The Morgan fingerprint density at radius 2 is 1.92 bits per heavy atom. The number of benzene rings is 1. The highest BCUT2D eigenvalue weighted by Crippen LogP contribution is 2.27. The molecule has 4 heterocycles. The lowest BCUT2D eigenvalue weighted by Gasteiger charge is -2.27. The third-order valence-corrected chi connectivity index (χ3v) is 4.42. The summed E-state index contributed by atoms with van der Waals surface area (Å²) < 4.78 is 18.7. The number of ether oxygens (including phenoxy) is 1. The predicted octanol–water partition coefficient (Wildman–Crippen LogP) is 2.48. The molecule has 1 saturated heterocycles. The minimum absolute atomic E-state index is 0.302. The first-order valence-electron chi connectivity index (χ1n) is 8.11. The zero-order chi connectivity index (χ0) is 16.8. The number of halogens is 1. The van der Waals surface area contributed by atoms with Crippen molar-refractivity contribution in [2.45, 2.75) is 0 Å². The molecule has 1 aliphatic heterocycles. The van der Waals surface area contributed by atoms with Crippen LogP contribution in [0, 0.1) is 5.82 Å². The first-order chi connectivity index (χ1) is 12.3. The van der Waals surface area contributed by atoms with E-state index in [0.717, 1.165) is 29.8 Å². The van der Waals surface area contributed by atoms with Gasteiger partial charge >= 0.3 is 0 Å². The smallest absolute Gasteiger partial charge is 0.180 e.